The Morgan fingerprint density at radius 2 is 2.26 bits per heavy atom. The van der Waals surface area contributed by atoms with Crippen molar-refractivity contribution < 1.29 is 4.74 Å². The smallest absolute Gasteiger partial charge is 0.174 e. The molecule has 1 N–H and O–H groups in total. The molecule has 19 heavy (non-hydrogen) atoms. The van der Waals surface area contributed by atoms with Gasteiger partial charge in [0.15, 0.2) is 5.82 Å². The van der Waals surface area contributed by atoms with Gasteiger partial charge in [-0.3, -0.25) is 0 Å². The number of nitrogens with zero attached hydrogens (tertiary/aromatic N) is 5. The van der Waals surface area contributed by atoms with Gasteiger partial charge in [0.25, 0.3) is 0 Å². The lowest BCUT2D eigenvalue weighted by Gasteiger charge is -2.05. The van der Waals surface area contributed by atoms with Gasteiger partial charge in [-0.15, -0.1) is 10.2 Å². The third kappa shape index (κ3) is 2.82. The van der Waals surface area contributed by atoms with E-state index >= 15 is 0 Å². The number of hydrogen-bond acceptors (Lipinski definition) is 6. The molecule has 0 aliphatic rings. The number of H-pyrrole nitrogens is 1. The molecule has 0 aliphatic heterocycles. The van der Waals surface area contributed by atoms with Crippen LogP contribution in [0.25, 0.3) is 10.9 Å². The first-order valence-electron chi connectivity index (χ1n) is 5.97. The first kappa shape index (κ1) is 11.5. The van der Waals surface area contributed by atoms with E-state index < -0.39 is 0 Å². The van der Waals surface area contributed by atoms with E-state index in [2.05, 4.69) is 30.6 Å². The highest BCUT2D eigenvalue weighted by molar-refractivity contribution is 5.78. The molecule has 2 aromatic heterocycles. The number of aromatic nitrogens is 6. The Morgan fingerprint density at radius 3 is 3.16 bits per heavy atom. The SMILES string of the molecule is c1ncc2ccc(OCCCc3nn[nH]n3)cc2n1. The van der Waals surface area contributed by atoms with E-state index in [0.29, 0.717) is 12.4 Å². The van der Waals surface area contributed by atoms with Gasteiger partial charge in [0.1, 0.15) is 12.1 Å². The van der Waals surface area contributed by atoms with Gasteiger partial charge < -0.3 is 4.74 Å². The van der Waals surface area contributed by atoms with Crippen molar-refractivity contribution in [1.29, 1.82) is 0 Å². The second-order valence-electron chi connectivity index (χ2n) is 4.02. The Hall–Kier alpha value is -2.57. The number of rotatable bonds is 5. The molecule has 3 rings (SSSR count). The number of benzene rings is 1. The molecule has 0 radical (unpaired) electrons. The Labute approximate surface area is 109 Å². The minimum atomic E-state index is 0.602. The van der Waals surface area contributed by atoms with Crippen LogP contribution in [-0.4, -0.2) is 37.2 Å². The van der Waals surface area contributed by atoms with Crippen LogP contribution in [0.3, 0.4) is 0 Å². The Kier molecular flexibility index (Phi) is 3.26. The summed E-state index contributed by atoms with van der Waals surface area (Å²) in [5.74, 6) is 1.51. The summed E-state index contributed by atoms with van der Waals surface area (Å²) in [6, 6.07) is 5.77. The molecular formula is C12H12N6O. The number of fused-ring (bicyclic) bond motifs is 1. The van der Waals surface area contributed by atoms with E-state index in [1.165, 1.54) is 6.33 Å². The zero-order chi connectivity index (χ0) is 12.9. The molecule has 0 atom stereocenters. The van der Waals surface area contributed by atoms with Crippen LogP contribution in [0.4, 0.5) is 0 Å². The van der Waals surface area contributed by atoms with Crippen LogP contribution in [0.15, 0.2) is 30.7 Å². The maximum Gasteiger partial charge on any atom is 0.174 e. The predicted octanol–water partition coefficient (Wildman–Crippen LogP) is 1.15. The fourth-order valence-electron chi connectivity index (χ4n) is 1.75. The first-order valence-corrected chi connectivity index (χ1v) is 5.97. The van der Waals surface area contributed by atoms with E-state index in [4.69, 9.17) is 4.74 Å². The van der Waals surface area contributed by atoms with Crippen LogP contribution in [-0.2, 0) is 6.42 Å². The van der Waals surface area contributed by atoms with Crippen molar-refractivity contribution in [3.8, 4) is 5.75 Å². The number of aromatic amines is 1. The molecular weight excluding hydrogens is 244 g/mol. The molecule has 0 fully saturated rings. The fraction of sp³-hybridized carbons (Fsp3) is 0.250. The summed E-state index contributed by atoms with van der Waals surface area (Å²) in [5.41, 5.74) is 0.880. The quantitative estimate of drug-likeness (QED) is 0.689. The average molecular weight is 256 g/mol. The van der Waals surface area contributed by atoms with Crippen molar-refractivity contribution in [3.05, 3.63) is 36.5 Å². The van der Waals surface area contributed by atoms with Gasteiger partial charge in [-0.25, -0.2) is 9.97 Å². The molecule has 0 aliphatic carbocycles. The molecule has 0 spiro atoms. The Bertz CT molecular complexity index is 654. The number of hydrogen-bond donors (Lipinski definition) is 1. The van der Waals surface area contributed by atoms with E-state index in [1.54, 1.807) is 6.20 Å². The standard InChI is InChI=1S/C12H12N6O/c1(2-12-15-17-18-16-12)5-19-10-4-3-9-7-13-8-14-11(9)6-10/h3-4,6-8H,1-2,5H2,(H,15,16,17,18). The summed E-state index contributed by atoms with van der Waals surface area (Å²) in [7, 11) is 0. The lowest BCUT2D eigenvalue weighted by atomic mass is 10.2. The molecule has 0 amide bonds. The van der Waals surface area contributed by atoms with E-state index in [9.17, 15) is 0 Å². The zero-order valence-electron chi connectivity index (χ0n) is 10.2. The van der Waals surface area contributed by atoms with Gasteiger partial charge in [-0.2, -0.15) is 5.21 Å². The molecule has 96 valence electrons. The third-order valence-electron chi connectivity index (χ3n) is 2.68. The summed E-state index contributed by atoms with van der Waals surface area (Å²) in [5, 5.41) is 14.7. The van der Waals surface area contributed by atoms with E-state index in [0.717, 1.165) is 29.5 Å². The lowest BCUT2D eigenvalue weighted by molar-refractivity contribution is 0.310. The van der Waals surface area contributed by atoms with E-state index in [1.807, 2.05) is 18.2 Å². The summed E-state index contributed by atoms with van der Waals surface area (Å²) in [6.07, 6.45) is 4.89. The predicted molar refractivity (Wildman–Crippen MR) is 67.5 cm³/mol. The second kappa shape index (κ2) is 5.38. The van der Waals surface area contributed by atoms with Crippen LogP contribution in [0, 0.1) is 0 Å². The Balaban J connectivity index is 1.56. The highest BCUT2D eigenvalue weighted by atomic mass is 16.5. The largest absolute Gasteiger partial charge is 0.494 e. The van der Waals surface area contributed by atoms with Crippen molar-refractivity contribution in [3.63, 3.8) is 0 Å². The molecule has 0 saturated carbocycles. The molecule has 0 bridgehead atoms. The first-order chi connectivity index (χ1) is 9.42. The van der Waals surface area contributed by atoms with Gasteiger partial charge in [-0.05, 0) is 18.6 Å². The van der Waals surface area contributed by atoms with Gasteiger partial charge in [0, 0.05) is 24.1 Å². The molecule has 7 nitrogen and oxygen atoms in total. The van der Waals surface area contributed by atoms with Gasteiger partial charge in [-0.1, -0.05) is 5.21 Å². The third-order valence-corrected chi connectivity index (χ3v) is 2.68. The highest BCUT2D eigenvalue weighted by Crippen LogP contribution is 2.18. The number of nitrogens with one attached hydrogen (secondary N) is 1. The molecule has 0 unspecified atom stereocenters. The molecule has 7 heteroatoms. The summed E-state index contributed by atoms with van der Waals surface area (Å²) >= 11 is 0. The summed E-state index contributed by atoms with van der Waals surface area (Å²) in [6.45, 7) is 0.602. The van der Waals surface area contributed by atoms with Crippen molar-refractivity contribution in [2.45, 2.75) is 12.8 Å². The summed E-state index contributed by atoms with van der Waals surface area (Å²) in [4.78, 5) is 8.16. The van der Waals surface area contributed by atoms with Gasteiger partial charge >= 0.3 is 0 Å². The van der Waals surface area contributed by atoms with Crippen molar-refractivity contribution in [2.75, 3.05) is 6.61 Å². The van der Waals surface area contributed by atoms with Crippen LogP contribution in [0.1, 0.15) is 12.2 Å². The van der Waals surface area contributed by atoms with Crippen LogP contribution < -0.4 is 4.74 Å². The zero-order valence-corrected chi connectivity index (χ0v) is 10.2. The fourth-order valence-corrected chi connectivity index (χ4v) is 1.75. The highest BCUT2D eigenvalue weighted by Gasteiger charge is 2.00. The maximum atomic E-state index is 5.67. The van der Waals surface area contributed by atoms with Crippen molar-refractivity contribution in [2.24, 2.45) is 0 Å². The Morgan fingerprint density at radius 1 is 1.26 bits per heavy atom. The molecule has 3 aromatic rings. The number of aryl methyl sites for hydroxylation is 1. The van der Waals surface area contributed by atoms with Crippen molar-refractivity contribution in [1.82, 2.24) is 30.6 Å². The molecule has 0 saturated heterocycles. The number of tetrazole rings is 1. The van der Waals surface area contributed by atoms with Gasteiger partial charge in [0.2, 0.25) is 0 Å². The van der Waals surface area contributed by atoms with Crippen LogP contribution in [0.2, 0.25) is 0 Å². The van der Waals surface area contributed by atoms with Gasteiger partial charge in [0.05, 0.1) is 12.1 Å². The monoisotopic (exact) mass is 256 g/mol. The average Bonchev–Trinajstić information content (AvgIpc) is 2.97. The van der Waals surface area contributed by atoms with Crippen molar-refractivity contribution >= 4 is 10.9 Å². The maximum absolute atomic E-state index is 5.67. The molecule has 2 heterocycles. The second-order valence-corrected chi connectivity index (χ2v) is 4.02. The lowest BCUT2D eigenvalue weighted by Crippen LogP contribution is -2.00. The summed E-state index contributed by atoms with van der Waals surface area (Å²) < 4.78 is 5.67. The minimum absolute atomic E-state index is 0.602. The van der Waals surface area contributed by atoms with Crippen LogP contribution in [0.5, 0.6) is 5.75 Å². The molecule has 1 aromatic carbocycles. The number of ether oxygens (including phenoxy) is 1. The van der Waals surface area contributed by atoms with Crippen LogP contribution >= 0.6 is 0 Å². The topological polar surface area (TPSA) is 89.5 Å². The minimum Gasteiger partial charge on any atom is -0.494 e. The normalized spacial score (nSPS) is 10.7. The van der Waals surface area contributed by atoms with E-state index in [-0.39, 0.29) is 0 Å².